The predicted molar refractivity (Wildman–Crippen MR) is 73.4 cm³/mol. The lowest BCUT2D eigenvalue weighted by molar-refractivity contribution is 0.0406. The van der Waals surface area contributed by atoms with E-state index < -0.39 is 12.5 Å². The fourth-order valence-electron chi connectivity index (χ4n) is 1.71. The molecule has 19 heavy (non-hydrogen) atoms. The molecule has 1 aromatic rings. The number of nitrogens with zero attached hydrogens (tertiary/aromatic N) is 1. The maximum absolute atomic E-state index is 12.4. The van der Waals surface area contributed by atoms with Crippen molar-refractivity contribution >= 4 is 15.9 Å². The molecule has 1 N–H and O–H groups in total. The molecule has 1 rings (SSSR count). The molecule has 1 unspecified atom stereocenters. The van der Waals surface area contributed by atoms with Crippen LogP contribution in [0.2, 0.25) is 0 Å². The molecule has 0 saturated heterocycles. The molecule has 0 aliphatic carbocycles. The molecule has 0 saturated carbocycles. The average Bonchev–Trinajstić information content (AvgIpc) is 2.36. The van der Waals surface area contributed by atoms with Gasteiger partial charge in [0.15, 0.2) is 0 Å². The molecule has 0 bridgehead atoms. The van der Waals surface area contributed by atoms with Gasteiger partial charge in [0.1, 0.15) is 0 Å². The Balaban J connectivity index is 2.58. The van der Waals surface area contributed by atoms with Gasteiger partial charge in [-0.15, -0.1) is 0 Å². The summed E-state index contributed by atoms with van der Waals surface area (Å²) in [5.74, 6) is 0. The number of aliphatic hydroxyl groups is 1. The molecular weight excluding hydrogens is 320 g/mol. The topological polar surface area (TPSA) is 32.7 Å². The molecule has 3 nitrogen and oxygen atoms in total. The Bertz CT molecular complexity index is 362. The van der Waals surface area contributed by atoms with Crippen molar-refractivity contribution < 1.29 is 18.6 Å². The van der Waals surface area contributed by atoms with E-state index in [0.717, 1.165) is 4.47 Å². The molecule has 0 spiro atoms. The van der Waals surface area contributed by atoms with Crippen LogP contribution in [0.5, 0.6) is 0 Å². The number of ether oxygens (including phenoxy) is 1. The van der Waals surface area contributed by atoms with Gasteiger partial charge in [-0.3, -0.25) is 4.90 Å². The van der Waals surface area contributed by atoms with Crippen molar-refractivity contribution in [2.45, 2.75) is 12.5 Å². The minimum absolute atomic E-state index is 0.162. The Kier molecular flexibility index (Phi) is 7.45. The van der Waals surface area contributed by atoms with E-state index in [1.165, 1.54) is 12.0 Å². The second-order valence-electron chi connectivity index (χ2n) is 4.21. The van der Waals surface area contributed by atoms with Gasteiger partial charge >= 0.3 is 0 Å². The Morgan fingerprint density at radius 2 is 1.89 bits per heavy atom. The van der Waals surface area contributed by atoms with Gasteiger partial charge in [-0.05, 0) is 17.7 Å². The number of rotatable bonds is 8. The third kappa shape index (κ3) is 6.42. The summed E-state index contributed by atoms with van der Waals surface area (Å²) in [6.45, 7) is 0.528. The fourth-order valence-corrected chi connectivity index (χ4v) is 1.97. The minimum atomic E-state index is -2.42. The van der Waals surface area contributed by atoms with Crippen LogP contribution in [0.1, 0.15) is 11.7 Å². The van der Waals surface area contributed by atoms with Gasteiger partial charge in [0, 0.05) is 24.7 Å². The molecule has 0 aliphatic rings. The SMILES string of the molecule is COCCN(CC(F)F)CC(O)c1ccc(Br)cc1. The maximum Gasteiger partial charge on any atom is 0.251 e. The first kappa shape index (κ1) is 16.5. The standard InChI is InChI=1S/C13H18BrF2NO2/c1-19-7-6-17(9-13(15)16)8-12(18)10-2-4-11(14)5-3-10/h2-5,12-13,18H,6-9H2,1H3. The summed E-state index contributed by atoms with van der Waals surface area (Å²) in [4.78, 5) is 1.50. The molecular formula is C13H18BrF2NO2. The number of aliphatic hydroxyl groups excluding tert-OH is 1. The Morgan fingerprint density at radius 3 is 2.42 bits per heavy atom. The van der Waals surface area contributed by atoms with Gasteiger partial charge in [0.05, 0.1) is 19.3 Å². The van der Waals surface area contributed by atoms with Crippen molar-refractivity contribution in [3.63, 3.8) is 0 Å². The van der Waals surface area contributed by atoms with Crippen LogP contribution in [-0.4, -0.2) is 49.8 Å². The molecule has 1 aromatic carbocycles. The smallest absolute Gasteiger partial charge is 0.251 e. The Hall–Kier alpha value is -0.560. The predicted octanol–water partition coefficient (Wildman–Crippen LogP) is 2.70. The molecule has 0 fully saturated rings. The Morgan fingerprint density at radius 1 is 1.26 bits per heavy atom. The van der Waals surface area contributed by atoms with E-state index in [4.69, 9.17) is 4.74 Å². The van der Waals surface area contributed by atoms with Crippen LogP contribution in [0.25, 0.3) is 0 Å². The first-order valence-corrected chi connectivity index (χ1v) is 6.75. The summed E-state index contributed by atoms with van der Waals surface area (Å²) in [7, 11) is 1.52. The van der Waals surface area contributed by atoms with Gasteiger partial charge in [-0.1, -0.05) is 28.1 Å². The van der Waals surface area contributed by atoms with Crippen LogP contribution in [0, 0.1) is 0 Å². The van der Waals surface area contributed by atoms with E-state index in [9.17, 15) is 13.9 Å². The number of benzene rings is 1. The van der Waals surface area contributed by atoms with Crippen molar-refractivity contribution in [2.75, 3.05) is 33.4 Å². The monoisotopic (exact) mass is 337 g/mol. The highest BCUT2D eigenvalue weighted by Crippen LogP contribution is 2.18. The van der Waals surface area contributed by atoms with E-state index in [2.05, 4.69) is 15.9 Å². The second kappa shape index (κ2) is 8.58. The minimum Gasteiger partial charge on any atom is -0.387 e. The first-order chi connectivity index (χ1) is 9.02. The highest BCUT2D eigenvalue weighted by atomic mass is 79.9. The summed E-state index contributed by atoms with van der Waals surface area (Å²) in [6.07, 6.45) is -3.21. The third-order valence-corrected chi connectivity index (χ3v) is 3.22. The van der Waals surface area contributed by atoms with Crippen LogP contribution in [0.4, 0.5) is 8.78 Å². The number of alkyl halides is 2. The number of hydrogen-bond acceptors (Lipinski definition) is 3. The summed E-state index contributed by atoms with van der Waals surface area (Å²) < 4.78 is 30.7. The largest absolute Gasteiger partial charge is 0.387 e. The zero-order chi connectivity index (χ0) is 14.3. The zero-order valence-electron chi connectivity index (χ0n) is 10.7. The van der Waals surface area contributed by atoms with Crippen molar-refractivity contribution in [2.24, 2.45) is 0 Å². The summed E-state index contributed by atoms with van der Waals surface area (Å²) >= 11 is 3.30. The molecule has 1 atom stereocenters. The van der Waals surface area contributed by atoms with Gasteiger partial charge in [0.25, 0.3) is 6.43 Å². The van der Waals surface area contributed by atoms with Crippen molar-refractivity contribution in [1.29, 1.82) is 0 Å². The molecule has 108 valence electrons. The van der Waals surface area contributed by atoms with E-state index in [0.29, 0.717) is 18.7 Å². The van der Waals surface area contributed by atoms with E-state index in [1.54, 1.807) is 12.1 Å². The first-order valence-electron chi connectivity index (χ1n) is 5.96. The summed E-state index contributed by atoms with van der Waals surface area (Å²) in [5.41, 5.74) is 0.708. The number of halogens is 3. The van der Waals surface area contributed by atoms with Crippen LogP contribution < -0.4 is 0 Å². The lowest BCUT2D eigenvalue weighted by Gasteiger charge is -2.24. The quantitative estimate of drug-likeness (QED) is 0.791. The molecule has 0 amide bonds. The molecule has 0 heterocycles. The molecule has 6 heteroatoms. The van der Waals surface area contributed by atoms with Gasteiger partial charge in [-0.2, -0.15) is 0 Å². The van der Waals surface area contributed by atoms with Gasteiger partial charge in [0.2, 0.25) is 0 Å². The molecule has 0 aromatic heterocycles. The van der Waals surface area contributed by atoms with Crippen LogP contribution in [0.15, 0.2) is 28.7 Å². The second-order valence-corrected chi connectivity index (χ2v) is 5.13. The normalized spacial score (nSPS) is 13.2. The molecule has 0 radical (unpaired) electrons. The highest BCUT2D eigenvalue weighted by molar-refractivity contribution is 9.10. The lowest BCUT2D eigenvalue weighted by atomic mass is 10.1. The Labute approximate surface area is 120 Å². The summed E-state index contributed by atoms with van der Waals surface area (Å²) in [6, 6.07) is 7.16. The molecule has 0 aliphatic heterocycles. The number of hydrogen-bond donors (Lipinski definition) is 1. The number of methoxy groups -OCH3 is 1. The van der Waals surface area contributed by atoms with Gasteiger partial charge < -0.3 is 9.84 Å². The maximum atomic E-state index is 12.4. The highest BCUT2D eigenvalue weighted by Gasteiger charge is 2.17. The van der Waals surface area contributed by atoms with Gasteiger partial charge in [-0.25, -0.2) is 8.78 Å². The summed E-state index contributed by atoms with van der Waals surface area (Å²) in [5, 5.41) is 10.1. The van der Waals surface area contributed by atoms with Crippen molar-refractivity contribution in [1.82, 2.24) is 4.90 Å². The van der Waals surface area contributed by atoms with E-state index in [1.807, 2.05) is 12.1 Å². The van der Waals surface area contributed by atoms with E-state index >= 15 is 0 Å². The fraction of sp³-hybridized carbons (Fsp3) is 0.538. The van der Waals surface area contributed by atoms with Crippen LogP contribution >= 0.6 is 15.9 Å². The van der Waals surface area contributed by atoms with Crippen LogP contribution in [0.3, 0.4) is 0 Å². The third-order valence-electron chi connectivity index (χ3n) is 2.69. The average molecular weight is 338 g/mol. The lowest BCUT2D eigenvalue weighted by Crippen LogP contribution is -2.35. The van der Waals surface area contributed by atoms with E-state index in [-0.39, 0.29) is 13.1 Å². The van der Waals surface area contributed by atoms with Crippen LogP contribution in [-0.2, 0) is 4.74 Å². The van der Waals surface area contributed by atoms with Crippen molar-refractivity contribution in [3.8, 4) is 0 Å². The van der Waals surface area contributed by atoms with Crippen molar-refractivity contribution in [3.05, 3.63) is 34.3 Å². The zero-order valence-corrected chi connectivity index (χ0v) is 12.3.